The maximum absolute atomic E-state index is 11.6. The van der Waals surface area contributed by atoms with Crippen molar-refractivity contribution in [1.29, 1.82) is 0 Å². The Hall–Kier alpha value is -1.55. The third-order valence-electron chi connectivity index (χ3n) is 2.73. The van der Waals surface area contributed by atoms with Crippen molar-refractivity contribution in [3.05, 3.63) is 29.8 Å². The largest absolute Gasteiger partial charge is 0.338 e. The van der Waals surface area contributed by atoms with E-state index in [0.717, 1.165) is 17.7 Å². The number of carbonyl (C=O) groups excluding carboxylic acids is 1. The minimum Gasteiger partial charge on any atom is -0.338 e. The van der Waals surface area contributed by atoms with Gasteiger partial charge < -0.3 is 16.4 Å². The quantitative estimate of drug-likeness (QED) is 0.733. The molecule has 0 spiro atoms. The average molecular weight is 235 g/mol. The van der Waals surface area contributed by atoms with Crippen LogP contribution in [0.1, 0.15) is 25.8 Å². The second kappa shape index (κ2) is 6.91. The van der Waals surface area contributed by atoms with Gasteiger partial charge in [0.25, 0.3) is 0 Å². The lowest BCUT2D eigenvalue weighted by Crippen LogP contribution is -2.32. The van der Waals surface area contributed by atoms with Gasteiger partial charge in [-0.3, -0.25) is 0 Å². The molecule has 4 nitrogen and oxygen atoms in total. The number of nitrogens with two attached hydrogens (primary N) is 1. The highest BCUT2D eigenvalue weighted by Crippen LogP contribution is 2.09. The molecular formula is C13H21N3O. The summed E-state index contributed by atoms with van der Waals surface area (Å²) in [6.45, 7) is 5.38. The first-order valence-corrected chi connectivity index (χ1v) is 5.99. The third kappa shape index (κ3) is 4.87. The molecule has 0 aliphatic rings. The number of carbonyl (C=O) groups is 1. The summed E-state index contributed by atoms with van der Waals surface area (Å²) in [4.78, 5) is 11.6. The highest BCUT2D eigenvalue weighted by atomic mass is 16.2. The minimum absolute atomic E-state index is 0.167. The summed E-state index contributed by atoms with van der Waals surface area (Å²) >= 11 is 0. The number of hydrogen-bond donors (Lipinski definition) is 3. The van der Waals surface area contributed by atoms with Crippen LogP contribution in [0.4, 0.5) is 10.5 Å². The fourth-order valence-electron chi connectivity index (χ4n) is 1.36. The van der Waals surface area contributed by atoms with Gasteiger partial charge in [0.05, 0.1) is 0 Å². The van der Waals surface area contributed by atoms with Crippen LogP contribution in [-0.4, -0.2) is 12.6 Å². The van der Waals surface area contributed by atoms with E-state index < -0.39 is 0 Å². The van der Waals surface area contributed by atoms with Crippen molar-refractivity contribution in [3.63, 3.8) is 0 Å². The van der Waals surface area contributed by atoms with E-state index in [4.69, 9.17) is 5.73 Å². The van der Waals surface area contributed by atoms with Crippen molar-refractivity contribution in [3.8, 4) is 0 Å². The lowest BCUT2D eigenvalue weighted by atomic mass is 10.1. The summed E-state index contributed by atoms with van der Waals surface area (Å²) in [5, 5.41) is 5.63. The van der Waals surface area contributed by atoms with E-state index in [2.05, 4.69) is 24.5 Å². The van der Waals surface area contributed by atoms with E-state index >= 15 is 0 Å². The van der Waals surface area contributed by atoms with Crippen molar-refractivity contribution >= 4 is 11.7 Å². The van der Waals surface area contributed by atoms with Crippen molar-refractivity contribution in [1.82, 2.24) is 5.32 Å². The lowest BCUT2D eigenvalue weighted by molar-refractivity contribution is 0.250. The van der Waals surface area contributed by atoms with Crippen LogP contribution in [0.15, 0.2) is 24.3 Å². The van der Waals surface area contributed by atoms with Crippen LogP contribution in [0.25, 0.3) is 0 Å². The Morgan fingerprint density at radius 1 is 1.47 bits per heavy atom. The summed E-state index contributed by atoms with van der Waals surface area (Å²) in [7, 11) is 0. The van der Waals surface area contributed by atoms with E-state index in [1.165, 1.54) is 0 Å². The number of anilines is 1. The summed E-state index contributed by atoms with van der Waals surface area (Å²) in [5.74, 6) is 0.496. The second-order valence-electron chi connectivity index (χ2n) is 4.25. The molecule has 1 aromatic carbocycles. The van der Waals surface area contributed by atoms with E-state index in [-0.39, 0.29) is 6.03 Å². The van der Waals surface area contributed by atoms with Crippen LogP contribution in [-0.2, 0) is 6.54 Å². The minimum atomic E-state index is -0.167. The maximum atomic E-state index is 11.6. The Morgan fingerprint density at radius 3 is 2.88 bits per heavy atom. The highest BCUT2D eigenvalue weighted by molar-refractivity contribution is 5.89. The number of benzene rings is 1. The predicted molar refractivity (Wildman–Crippen MR) is 70.8 cm³/mol. The molecule has 4 heteroatoms. The van der Waals surface area contributed by atoms with Gasteiger partial charge in [-0.15, -0.1) is 0 Å². The van der Waals surface area contributed by atoms with Crippen LogP contribution >= 0.6 is 0 Å². The van der Waals surface area contributed by atoms with Gasteiger partial charge in [-0.2, -0.15) is 0 Å². The molecular weight excluding hydrogens is 214 g/mol. The molecule has 0 bridgehead atoms. The van der Waals surface area contributed by atoms with Gasteiger partial charge in [0.2, 0.25) is 0 Å². The second-order valence-corrected chi connectivity index (χ2v) is 4.25. The van der Waals surface area contributed by atoms with Gasteiger partial charge >= 0.3 is 6.03 Å². The molecule has 17 heavy (non-hydrogen) atoms. The Morgan fingerprint density at radius 2 is 2.24 bits per heavy atom. The van der Waals surface area contributed by atoms with E-state index in [0.29, 0.717) is 19.0 Å². The first kappa shape index (κ1) is 13.5. The molecule has 1 unspecified atom stereocenters. The average Bonchev–Trinajstić information content (AvgIpc) is 2.36. The Balaban J connectivity index is 2.44. The molecule has 0 saturated heterocycles. The molecule has 0 aliphatic heterocycles. The summed E-state index contributed by atoms with van der Waals surface area (Å²) < 4.78 is 0. The first-order chi connectivity index (χ1) is 8.15. The summed E-state index contributed by atoms with van der Waals surface area (Å²) in [5.41, 5.74) is 7.31. The van der Waals surface area contributed by atoms with Gasteiger partial charge in [-0.1, -0.05) is 32.4 Å². The summed E-state index contributed by atoms with van der Waals surface area (Å²) in [6, 6.07) is 7.37. The number of amides is 2. The van der Waals surface area contributed by atoms with Gasteiger partial charge in [0.15, 0.2) is 0 Å². The number of hydrogen-bond acceptors (Lipinski definition) is 2. The molecule has 94 valence electrons. The Labute approximate surface area is 103 Å². The molecule has 0 fully saturated rings. The summed E-state index contributed by atoms with van der Waals surface area (Å²) in [6.07, 6.45) is 1.06. The fraction of sp³-hybridized carbons (Fsp3) is 0.462. The van der Waals surface area contributed by atoms with Crippen LogP contribution in [0, 0.1) is 5.92 Å². The molecule has 1 aromatic rings. The predicted octanol–water partition coefficient (Wildman–Crippen LogP) is 2.31. The van der Waals surface area contributed by atoms with Gasteiger partial charge in [0, 0.05) is 18.8 Å². The maximum Gasteiger partial charge on any atom is 0.319 e. The lowest BCUT2D eigenvalue weighted by Gasteiger charge is -2.11. The Kier molecular flexibility index (Phi) is 5.49. The highest BCUT2D eigenvalue weighted by Gasteiger charge is 2.04. The van der Waals surface area contributed by atoms with Gasteiger partial charge in [-0.25, -0.2) is 4.79 Å². The molecule has 1 atom stereocenters. The van der Waals surface area contributed by atoms with Crippen LogP contribution in [0.3, 0.4) is 0 Å². The number of nitrogens with one attached hydrogen (secondary N) is 2. The SMILES string of the molecule is CCC(C)CNC(=O)Nc1cccc(CN)c1. The molecule has 1 rings (SSSR count). The van der Waals surface area contributed by atoms with Crippen LogP contribution in [0.2, 0.25) is 0 Å². The normalized spacial score (nSPS) is 11.9. The fourth-order valence-corrected chi connectivity index (χ4v) is 1.36. The molecule has 0 aromatic heterocycles. The molecule has 0 aliphatic carbocycles. The molecule has 0 saturated carbocycles. The van der Waals surface area contributed by atoms with Crippen molar-refractivity contribution in [2.24, 2.45) is 11.7 Å². The molecule has 2 amide bonds. The van der Waals surface area contributed by atoms with Crippen LogP contribution in [0.5, 0.6) is 0 Å². The monoisotopic (exact) mass is 235 g/mol. The zero-order valence-electron chi connectivity index (χ0n) is 10.5. The van der Waals surface area contributed by atoms with E-state index in [1.807, 2.05) is 24.3 Å². The smallest absolute Gasteiger partial charge is 0.319 e. The Bertz CT molecular complexity index is 365. The zero-order chi connectivity index (χ0) is 12.7. The van der Waals surface area contributed by atoms with Crippen molar-refractivity contribution < 1.29 is 4.79 Å². The molecule has 0 radical (unpaired) electrons. The number of urea groups is 1. The standard InChI is InChI=1S/C13H21N3O/c1-3-10(2)9-15-13(17)16-12-6-4-5-11(7-12)8-14/h4-7,10H,3,8-9,14H2,1-2H3,(H2,15,16,17). The van der Waals surface area contributed by atoms with E-state index in [1.54, 1.807) is 0 Å². The van der Waals surface area contributed by atoms with E-state index in [9.17, 15) is 4.79 Å². The molecule has 4 N–H and O–H groups in total. The molecule has 0 heterocycles. The van der Waals surface area contributed by atoms with Gasteiger partial charge in [-0.05, 0) is 23.6 Å². The van der Waals surface area contributed by atoms with Crippen molar-refractivity contribution in [2.45, 2.75) is 26.8 Å². The van der Waals surface area contributed by atoms with Gasteiger partial charge in [0.1, 0.15) is 0 Å². The topological polar surface area (TPSA) is 67.2 Å². The van der Waals surface area contributed by atoms with Crippen molar-refractivity contribution in [2.75, 3.05) is 11.9 Å². The first-order valence-electron chi connectivity index (χ1n) is 5.99. The third-order valence-corrected chi connectivity index (χ3v) is 2.73. The zero-order valence-corrected chi connectivity index (χ0v) is 10.5. The number of rotatable bonds is 5. The van der Waals surface area contributed by atoms with Crippen LogP contribution < -0.4 is 16.4 Å².